The molecule has 0 aromatic heterocycles. The van der Waals surface area contributed by atoms with E-state index in [1.165, 1.54) is 0 Å². The molecule has 1 aliphatic rings. The number of cyclic esters (lactones) is 1. The van der Waals surface area contributed by atoms with Crippen LogP contribution in [-0.2, 0) is 9.53 Å². The van der Waals surface area contributed by atoms with Crippen molar-refractivity contribution in [2.24, 2.45) is 0 Å². The fourth-order valence-electron chi connectivity index (χ4n) is 3.03. The minimum absolute atomic E-state index is 0.202. The lowest BCUT2D eigenvalue weighted by molar-refractivity contribution is -0.168. The van der Waals surface area contributed by atoms with Crippen molar-refractivity contribution in [1.29, 1.82) is 0 Å². The van der Waals surface area contributed by atoms with Gasteiger partial charge < -0.3 is 34.6 Å². The van der Waals surface area contributed by atoms with Gasteiger partial charge in [-0.1, -0.05) is 36.4 Å². The predicted octanol–water partition coefficient (Wildman–Crippen LogP) is 0.748. The van der Waals surface area contributed by atoms with Crippen molar-refractivity contribution >= 4 is 5.97 Å². The standard InChI is InChI=1S/C21H22O8/c22-12-14(24)11-21(17(25)13-23)19(28-16-9-5-2-6-10-16)18(20(26)29-21)27-15-7-3-1-4-8-15/h1-10,14,17,22-25H,11-13H2/t14?,17-,21+/m0/s1. The fourth-order valence-corrected chi connectivity index (χ4v) is 3.03. The third-order valence-corrected chi connectivity index (χ3v) is 4.44. The largest absolute Gasteiger partial charge is 0.453 e. The van der Waals surface area contributed by atoms with Gasteiger partial charge in [-0.2, -0.15) is 0 Å². The van der Waals surface area contributed by atoms with Crippen molar-refractivity contribution in [1.82, 2.24) is 0 Å². The number of benzene rings is 2. The lowest BCUT2D eigenvalue weighted by atomic mass is 9.88. The Labute approximate surface area is 167 Å². The number of aliphatic hydroxyl groups excluding tert-OH is 4. The first kappa shape index (κ1) is 20.8. The van der Waals surface area contributed by atoms with Crippen LogP contribution in [0.3, 0.4) is 0 Å². The number of hydrogen-bond donors (Lipinski definition) is 4. The summed E-state index contributed by atoms with van der Waals surface area (Å²) < 4.78 is 16.9. The lowest BCUT2D eigenvalue weighted by Gasteiger charge is -2.34. The highest BCUT2D eigenvalue weighted by atomic mass is 16.6. The molecule has 0 aliphatic carbocycles. The van der Waals surface area contributed by atoms with Crippen LogP contribution in [-0.4, -0.2) is 57.4 Å². The second kappa shape index (κ2) is 9.06. The highest BCUT2D eigenvalue weighted by Gasteiger charge is 2.57. The molecule has 0 saturated carbocycles. The van der Waals surface area contributed by atoms with Gasteiger partial charge in [-0.25, -0.2) is 4.79 Å². The molecule has 0 bridgehead atoms. The maximum atomic E-state index is 12.7. The Morgan fingerprint density at radius 1 is 0.862 bits per heavy atom. The van der Waals surface area contributed by atoms with Gasteiger partial charge >= 0.3 is 5.97 Å². The summed E-state index contributed by atoms with van der Waals surface area (Å²) in [6.07, 6.45) is -3.40. The van der Waals surface area contributed by atoms with E-state index in [0.717, 1.165) is 0 Å². The molecule has 8 heteroatoms. The van der Waals surface area contributed by atoms with Crippen LogP contribution in [0.15, 0.2) is 72.2 Å². The van der Waals surface area contributed by atoms with Gasteiger partial charge in [0.05, 0.1) is 19.3 Å². The van der Waals surface area contributed by atoms with Crippen molar-refractivity contribution < 1.29 is 39.4 Å². The molecule has 0 saturated heterocycles. The van der Waals surface area contributed by atoms with Crippen molar-refractivity contribution in [2.75, 3.05) is 13.2 Å². The number of aliphatic hydroxyl groups is 4. The van der Waals surface area contributed by atoms with Gasteiger partial charge in [-0.3, -0.25) is 0 Å². The number of hydrogen-bond acceptors (Lipinski definition) is 8. The average Bonchev–Trinajstić information content (AvgIpc) is 3.00. The van der Waals surface area contributed by atoms with Crippen molar-refractivity contribution in [3.63, 3.8) is 0 Å². The molecule has 154 valence electrons. The summed E-state index contributed by atoms with van der Waals surface area (Å²) in [5, 5.41) is 39.4. The van der Waals surface area contributed by atoms with Crippen molar-refractivity contribution in [3.05, 3.63) is 72.2 Å². The highest BCUT2D eigenvalue weighted by Crippen LogP contribution is 2.41. The Kier molecular flexibility index (Phi) is 6.50. The van der Waals surface area contributed by atoms with Crippen LogP contribution in [0.5, 0.6) is 11.5 Å². The Morgan fingerprint density at radius 2 is 1.41 bits per heavy atom. The fraction of sp³-hybridized carbons (Fsp3) is 0.286. The SMILES string of the molecule is O=C1O[C@](CC(O)CO)([C@@H](O)CO)C(Oc2ccccc2)=C1Oc1ccccc1. The molecule has 2 aromatic rings. The second-order valence-corrected chi connectivity index (χ2v) is 6.51. The van der Waals surface area contributed by atoms with Gasteiger partial charge in [0.2, 0.25) is 11.4 Å². The molecule has 1 aliphatic heterocycles. The van der Waals surface area contributed by atoms with Gasteiger partial charge in [0.15, 0.2) is 0 Å². The Balaban J connectivity index is 2.11. The number of esters is 1. The maximum Gasteiger partial charge on any atom is 0.379 e. The lowest BCUT2D eigenvalue weighted by Crippen LogP contribution is -2.50. The van der Waals surface area contributed by atoms with Gasteiger partial charge in [-0.15, -0.1) is 0 Å². The normalized spacial score (nSPS) is 20.9. The van der Waals surface area contributed by atoms with Crippen LogP contribution >= 0.6 is 0 Å². The van der Waals surface area contributed by atoms with E-state index < -0.39 is 43.4 Å². The summed E-state index contributed by atoms with van der Waals surface area (Å²) in [6, 6.07) is 16.8. The molecule has 2 aromatic carbocycles. The Hall–Kier alpha value is -2.91. The molecule has 3 rings (SSSR count). The Bertz CT molecular complexity index is 851. The zero-order valence-corrected chi connectivity index (χ0v) is 15.5. The van der Waals surface area contributed by atoms with Crippen LogP contribution in [0, 0.1) is 0 Å². The quantitative estimate of drug-likeness (QED) is 0.453. The number of ether oxygens (including phenoxy) is 3. The highest BCUT2D eigenvalue weighted by molar-refractivity contribution is 5.91. The topological polar surface area (TPSA) is 126 Å². The minimum atomic E-state index is -1.95. The molecular formula is C21H22O8. The smallest absolute Gasteiger partial charge is 0.379 e. The molecule has 0 radical (unpaired) electrons. The van der Waals surface area contributed by atoms with Gasteiger partial charge in [0.1, 0.15) is 17.6 Å². The van der Waals surface area contributed by atoms with E-state index in [9.17, 15) is 25.2 Å². The van der Waals surface area contributed by atoms with Crippen LogP contribution in [0.1, 0.15) is 6.42 Å². The molecular weight excluding hydrogens is 380 g/mol. The predicted molar refractivity (Wildman–Crippen MR) is 101 cm³/mol. The summed E-state index contributed by atoms with van der Waals surface area (Å²) in [5.74, 6) is -0.810. The molecule has 8 nitrogen and oxygen atoms in total. The van der Waals surface area contributed by atoms with E-state index in [2.05, 4.69) is 0 Å². The molecule has 3 atom stereocenters. The van der Waals surface area contributed by atoms with Crippen molar-refractivity contribution in [2.45, 2.75) is 24.2 Å². The number of para-hydroxylation sites is 2. The van der Waals surface area contributed by atoms with E-state index in [0.29, 0.717) is 11.5 Å². The first-order valence-corrected chi connectivity index (χ1v) is 9.02. The minimum Gasteiger partial charge on any atom is -0.453 e. The first-order chi connectivity index (χ1) is 14.0. The number of carbonyl (C=O) groups excluding carboxylic acids is 1. The molecule has 1 unspecified atom stereocenters. The Morgan fingerprint density at radius 3 is 1.93 bits per heavy atom. The van der Waals surface area contributed by atoms with E-state index in [1.807, 2.05) is 0 Å². The molecule has 29 heavy (non-hydrogen) atoms. The molecule has 0 spiro atoms. The third kappa shape index (κ3) is 4.41. The summed E-state index contributed by atoms with van der Waals surface area (Å²) in [4.78, 5) is 12.7. The average molecular weight is 402 g/mol. The monoisotopic (exact) mass is 402 g/mol. The number of carbonyl (C=O) groups is 1. The van der Waals surface area contributed by atoms with Gasteiger partial charge in [-0.05, 0) is 24.3 Å². The summed E-state index contributed by atoms with van der Waals surface area (Å²) in [6.45, 7) is -1.43. The first-order valence-electron chi connectivity index (χ1n) is 9.02. The van der Waals surface area contributed by atoms with Crippen LogP contribution in [0.25, 0.3) is 0 Å². The van der Waals surface area contributed by atoms with Gasteiger partial charge in [0.25, 0.3) is 5.76 Å². The van der Waals surface area contributed by atoms with E-state index in [4.69, 9.17) is 14.2 Å². The molecule has 0 fully saturated rings. The summed E-state index contributed by atoms with van der Waals surface area (Å²) in [5.41, 5.74) is -1.95. The maximum absolute atomic E-state index is 12.7. The molecule has 0 amide bonds. The summed E-state index contributed by atoms with van der Waals surface area (Å²) in [7, 11) is 0. The number of rotatable bonds is 9. The zero-order valence-electron chi connectivity index (χ0n) is 15.5. The summed E-state index contributed by atoms with van der Waals surface area (Å²) >= 11 is 0. The molecule has 4 N–H and O–H groups in total. The second-order valence-electron chi connectivity index (χ2n) is 6.51. The van der Waals surface area contributed by atoms with Crippen LogP contribution in [0.2, 0.25) is 0 Å². The van der Waals surface area contributed by atoms with E-state index >= 15 is 0 Å². The molecule has 1 heterocycles. The van der Waals surface area contributed by atoms with Gasteiger partial charge in [0, 0.05) is 6.42 Å². The van der Waals surface area contributed by atoms with E-state index in [1.54, 1.807) is 60.7 Å². The van der Waals surface area contributed by atoms with Crippen LogP contribution in [0.4, 0.5) is 0 Å². The van der Waals surface area contributed by atoms with E-state index in [-0.39, 0.29) is 11.5 Å². The third-order valence-electron chi connectivity index (χ3n) is 4.44. The van der Waals surface area contributed by atoms with Crippen molar-refractivity contribution in [3.8, 4) is 11.5 Å². The van der Waals surface area contributed by atoms with Crippen LogP contribution < -0.4 is 9.47 Å². The zero-order chi connectivity index (χ0) is 20.9.